The van der Waals surface area contributed by atoms with Gasteiger partial charge in [-0.1, -0.05) is 18.2 Å². The Morgan fingerprint density at radius 3 is 2.34 bits per heavy atom. The lowest BCUT2D eigenvalue weighted by Gasteiger charge is -2.33. The standard InChI is InChI=1S/C23H29NO5/c1-16-8-5-6-10-19(16)29-15-17-9-7-11-24(14-17)23(25)18-12-20(26-2)22(28-4)21(13-18)27-3/h5-6,8,10,12-13,17H,7,9,11,14-15H2,1-4H3. The molecule has 1 aliphatic heterocycles. The number of nitrogens with zero attached hydrogens (tertiary/aromatic N) is 1. The number of rotatable bonds is 7. The largest absolute Gasteiger partial charge is 0.493 e. The fraction of sp³-hybridized carbons (Fsp3) is 0.435. The molecule has 2 aromatic rings. The summed E-state index contributed by atoms with van der Waals surface area (Å²) in [5.74, 6) is 2.60. The van der Waals surface area contributed by atoms with Crippen LogP contribution in [-0.2, 0) is 0 Å². The van der Waals surface area contributed by atoms with Crippen molar-refractivity contribution < 1.29 is 23.7 Å². The van der Waals surface area contributed by atoms with Crippen LogP contribution in [0.5, 0.6) is 23.0 Å². The Bertz CT molecular complexity index is 826. The number of amides is 1. The zero-order chi connectivity index (χ0) is 20.8. The first-order valence-electron chi connectivity index (χ1n) is 9.85. The molecule has 2 aromatic carbocycles. The average molecular weight is 399 g/mol. The van der Waals surface area contributed by atoms with E-state index in [1.165, 1.54) is 0 Å². The van der Waals surface area contributed by atoms with E-state index in [4.69, 9.17) is 18.9 Å². The number of carbonyl (C=O) groups is 1. The smallest absolute Gasteiger partial charge is 0.254 e. The number of aryl methyl sites for hydroxylation is 1. The molecule has 1 amide bonds. The molecule has 0 radical (unpaired) electrons. The Morgan fingerprint density at radius 2 is 1.72 bits per heavy atom. The van der Waals surface area contributed by atoms with Gasteiger partial charge in [0.2, 0.25) is 5.75 Å². The Hall–Kier alpha value is -2.89. The normalized spacial score (nSPS) is 16.3. The second-order valence-corrected chi connectivity index (χ2v) is 7.25. The van der Waals surface area contributed by atoms with Gasteiger partial charge in [-0.25, -0.2) is 0 Å². The van der Waals surface area contributed by atoms with Gasteiger partial charge >= 0.3 is 0 Å². The van der Waals surface area contributed by atoms with E-state index in [1.807, 2.05) is 36.1 Å². The highest BCUT2D eigenvalue weighted by atomic mass is 16.5. The second kappa shape index (κ2) is 9.54. The molecule has 1 unspecified atom stereocenters. The van der Waals surface area contributed by atoms with E-state index in [2.05, 4.69) is 0 Å². The summed E-state index contributed by atoms with van der Waals surface area (Å²) in [4.78, 5) is 15.0. The van der Waals surface area contributed by atoms with Crippen LogP contribution in [0.3, 0.4) is 0 Å². The van der Waals surface area contributed by atoms with E-state index in [0.717, 1.165) is 30.7 Å². The molecule has 0 saturated carbocycles. The second-order valence-electron chi connectivity index (χ2n) is 7.25. The number of para-hydroxylation sites is 1. The lowest BCUT2D eigenvalue weighted by Crippen LogP contribution is -2.41. The number of likely N-dealkylation sites (tertiary alicyclic amines) is 1. The molecule has 1 atom stereocenters. The predicted octanol–water partition coefficient (Wildman–Crippen LogP) is 3.95. The van der Waals surface area contributed by atoms with Gasteiger partial charge in [0.15, 0.2) is 11.5 Å². The topological polar surface area (TPSA) is 57.2 Å². The molecule has 6 nitrogen and oxygen atoms in total. The van der Waals surface area contributed by atoms with Gasteiger partial charge in [-0.2, -0.15) is 0 Å². The third kappa shape index (κ3) is 4.75. The molecule has 29 heavy (non-hydrogen) atoms. The highest BCUT2D eigenvalue weighted by Gasteiger charge is 2.27. The summed E-state index contributed by atoms with van der Waals surface area (Å²) in [6.45, 7) is 4.04. The van der Waals surface area contributed by atoms with Gasteiger partial charge < -0.3 is 23.8 Å². The third-order valence-electron chi connectivity index (χ3n) is 5.29. The van der Waals surface area contributed by atoms with Gasteiger partial charge in [0.25, 0.3) is 5.91 Å². The van der Waals surface area contributed by atoms with Crippen molar-refractivity contribution in [3.63, 3.8) is 0 Å². The molecular formula is C23H29NO5. The molecule has 0 N–H and O–H groups in total. The summed E-state index contributed by atoms with van der Waals surface area (Å²) in [5.41, 5.74) is 1.65. The Kier molecular flexibility index (Phi) is 6.86. The van der Waals surface area contributed by atoms with Crippen molar-refractivity contribution in [3.05, 3.63) is 47.5 Å². The highest BCUT2D eigenvalue weighted by molar-refractivity contribution is 5.95. The molecule has 1 saturated heterocycles. The summed E-state index contributed by atoms with van der Waals surface area (Å²) in [6, 6.07) is 11.4. The molecule has 6 heteroatoms. The van der Waals surface area contributed by atoms with Crippen LogP contribution >= 0.6 is 0 Å². The molecule has 1 fully saturated rings. The number of piperidine rings is 1. The van der Waals surface area contributed by atoms with Crippen LogP contribution in [-0.4, -0.2) is 51.8 Å². The maximum absolute atomic E-state index is 13.1. The molecule has 156 valence electrons. The van der Waals surface area contributed by atoms with E-state index in [-0.39, 0.29) is 5.91 Å². The molecule has 1 heterocycles. The van der Waals surface area contributed by atoms with E-state index in [9.17, 15) is 4.79 Å². The minimum absolute atomic E-state index is 0.0372. The van der Waals surface area contributed by atoms with E-state index in [1.54, 1.807) is 33.5 Å². The van der Waals surface area contributed by atoms with Gasteiger partial charge in [-0.15, -0.1) is 0 Å². The average Bonchev–Trinajstić information content (AvgIpc) is 2.77. The fourth-order valence-electron chi connectivity index (χ4n) is 3.70. The SMILES string of the molecule is COc1cc(C(=O)N2CCCC(COc3ccccc3C)C2)cc(OC)c1OC. The number of benzene rings is 2. The molecule has 1 aliphatic rings. The van der Waals surface area contributed by atoms with Gasteiger partial charge in [-0.05, 0) is 43.5 Å². The number of hydrogen-bond donors (Lipinski definition) is 0. The summed E-state index contributed by atoms with van der Waals surface area (Å²) in [6.07, 6.45) is 2.00. The number of carbonyl (C=O) groups excluding carboxylic acids is 1. The van der Waals surface area contributed by atoms with Gasteiger partial charge in [0.05, 0.1) is 27.9 Å². The Balaban J connectivity index is 1.70. The lowest BCUT2D eigenvalue weighted by molar-refractivity contribution is 0.0632. The molecule has 0 aliphatic carbocycles. The van der Waals surface area contributed by atoms with Gasteiger partial charge in [0.1, 0.15) is 5.75 Å². The number of methoxy groups -OCH3 is 3. The van der Waals surface area contributed by atoms with Crippen LogP contribution in [0.1, 0.15) is 28.8 Å². The summed E-state index contributed by atoms with van der Waals surface area (Å²) in [5, 5.41) is 0. The summed E-state index contributed by atoms with van der Waals surface area (Å²) in [7, 11) is 4.64. The van der Waals surface area contributed by atoms with Crippen molar-refractivity contribution in [2.24, 2.45) is 5.92 Å². The summed E-state index contributed by atoms with van der Waals surface area (Å²) < 4.78 is 22.1. The van der Waals surface area contributed by atoms with Crippen LogP contribution in [0.15, 0.2) is 36.4 Å². The minimum atomic E-state index is -0.0372. The van der Waals surface area contributed by atoms with Gasteiger partial charge in [-0.3, -0.25) is 4.79 Å². The zero-order valence-electron chi connectivity index (χ0n) is 17.6. The van der Waals surface area contributed by atoms with Crippen molar-refractivity contribution in [2.45, 2.75) is 19.8 Å². The Labute approximate surface area is 172 Å². The lowest BCUT2D eigenvalue weighted by atomic mass is 9.98. The van der Waals surface area contributed by atoms with Crippen LogP contribution in [0, 0.1) is 12.8 Å². The van der Waals surface area contributed by atoms with E-state index < -0.39 is 0 Å². The molecule has 0 bridgehead atoms. The molecular weight excluding hydrogens is 370 g/mol. The zero-order valence-corrected chi connectivity index (χ0v) is 17.6. The third-order valence-corrected chi connectivity index (χ3v) is 5.29. The molecule has 3 rings (SSSR count). The molecule has 0 aromatic heterocycles. The number of hydrogen-bond acceptors (Lipinski definition) is 5. The first kappa shape index (κ1) is 20.8. The van der Waals surface area contributed by atoms with Gasteiger partial charge in [0, 0.05) is 24.6 Å². The maximum atomic E-state index is 13.1. The predicted molar refractivity (Wildman–Crippen MR) is 111 cm³/mol. The molecule has 0 spiro atoms. The minimum Gasteiger partial charge on any atom is -0.493 e. The van der Waals surface area contributed by atoms with Crippen LogP contribution in [0.2, 0.25) is 0 Å². The van der Waals surface area contributed by atoms with Crippen LogP contribution < -0.4 is 18.9 Å². The summed E-state index contributed by atoms with van der Waals surface area (Å²) >= 11 is 0. The monoisotopic (exact) mass is 399 g/mol. The van der Waals surface area contributed by atoms with Crippen LogP contribution in [0.4, 0.5) is 0 Å². The van der Waals surface area contributed by atoms with E-state index >= 15 is 0 Å². The highest BCUT2D eigenvalue weighted by Crippen LogP contribution is 2.38. The van der Waals surface area contributed by atoms with Crippen molar-refractivity contribution in [2.75, 3.05) is 41.0 Å². The van der Waals surface area contributed by atoms with Crippen molar-refractivity contribution in [3.8, 4) is 23.0 Å². The van der Waals surface area contributed by atoms with E-state index in [0.29, 0.717) is 41.9 Å². The van der Waals surface area contributed by atoms with Crippen molar-refractivity contribution in [1.82, 2.24) is 4.90 Å². The first-order valence-corrected chi connectivity index (χ1v) is 9.85. The fourth-order valence-corrected chi connectivity index (χ4v) is 3.70. The Morgan fingerprint density at radius 1 is 1.03 bits per heavy atom. The number of ether oxygens (including phenoxy) is 4. The quantitative estimate of drug-likeness (QED) is 0.706. The first-order chi connectivity index (χ1) is 14.1. The van der Waals surface area contributed by atoms with Crippen molar-refractivity contribution in [1.29, 1.82) is 0 Å². The van der Waals surface area contributed by atoms with Crippen molar-refractivity contribution >= 4 is 5.91 Å². The van der Waals surface area contributed by atoms with Crippen LogP contribution in [0.25, 0.3) is 0 Å². The maximum Gasteiger partial charge on any atom is 0.254 e.